The van der Waals surface area contributed by atoms with Crippen molar-refractivity contribution in [3.05, 3.63) is 34.3 Å². The first-order chi connectivity index (χ1) is 11.5. The molecule has 1 atom stereocenters. The molecule has 1 aromatic heterocycles. The number of aromatic nitrogens is 2. The maximum absolute atomic E-state index is 12.4. The lowest BCUT2D eigenvalue weighted by Gasteiger charge is -2.17. The Labute approximate surface area is 144 Å². The van der Waals surface area contributed by atoms with Crippen molar-refractivity contribution in [2.24, 2.45) is 0 Å². The van der Waals surface area contributed by atoms with Crippen molar-refractivity contribution >= 4 is 34.0 Å². The molecule has 1 N–H and O–H groups in total. The van der Waals surface area contributed by atoms with Gasteiger partial charge in [0.05, 0.1) is 0 Å². The summed E-state index contributed by atoms with van der Waals surface area (Å²) >= 11 is 1.35. The van der Waals surface area contributed by atoms with E-state index in [0.29, 0.717) is 24.5 Å². The molecule has 7 heteroatoms. The molecule has 2 heterocycles. The number of carbonyl (C=O) groups excluding carboxylic acids is 2. The lowest BCUT2D eigenvalue weighted by atomic mass is 10.1. The van der Waals surface area contributed by atoms with Crippen LogP contribution in [0.2, 0.25) is 0 Å². The quantitative estimate of drug-likeness (QED) is 0.925. The zero-order chi connectivity index (χ0) is 17.3. The van der Waals surface area contributed by atoms with Gasteiger partial charge in [-0.25, -0.2) is 0 Å². The van der Waals surface area contributed by atoms with Gasteiger partial charge in [-0.05, 0) is 37.1 Å². The first-order valence-corrected chi connectivity index (χ1v) is 8.80. The van der Waals surface area contributed by atoms with Gasteiger partial charge in [0.25, 0.3) is 0 Å². The SMILES string of the molecule is CCC(=O)Nc1nnc([C@@H]2CC(=O)N(c3ccc(C)c(C)c3)C2)s1. The van der Waals surface area contributed by atoms with E-state index in [4.69, 9.17) is 0 Å². The second-order valence-electron chi connectivity index (χ2n) is 6.02. The predicted molar refractivity (Wildman–Crippen MR) is 94.5 cm³/mol. The molecule has 0 aliphatic carbocycles. The molecule has 0 unspecified atom stereocenters. The number of nitrogens with one attached hydrogen (secondary N) is 1. The number of aryl methyl sites for hydroxylation is 2. The van der Waals surface area contributed by atoms with Crippen LogP contribution in [-0.4, -0.2) is 28.6 Å². The number of nitrogens with zero attached hydrogens (tertiary/aromatic N) is 3. The third-order valence-corrected chi connectivity index (χ3v) is 5.29. The standard InChI is InChI=1S/C17H20N4O2S/c1-4-14(22)18-17-20-19-16(24-17)12-8-15(23)21(9-12)13-6-5-10(2)11(3)7-13/h5-7,12H,4,8-9H2,1-3H3,(H,18,20,22)/t12-/m1/s1. The van der Waals surface area contributed by atoms with E-state index in [1.807, 2.05) is 30.0 Å². The van der Waals surface area contributed by atoms with Crippen molar-refractivity contribution in [3.63, 3.8) is 0 Å². The van der Waals surface area contributed by atoms with Crippen LogP contribution in [0, 0.1) is 13.8 Å². The Hall–Kier alpha value is -2.28. The van der Waals surface area contributed by atoms with Gasteiger partial charge in [0.1, 0.15) is 5.01 Å². The third kappa shape index (κ3) is 3.31. The van der Waals surface area contributed by atoms with Crippen LogP contribution in [0.3, 0.4) is 0 Å². The molecule has 0 spiro atoms. The molecule has 2 amide bonds. The number of anilines is 2. The van der Waals surface area contributed by atoms with Crippen molar-refractivity contribution in [1.29, 1.82) is 0 Å². The summed E-state index contributed by atoms with van der Waals surface area (Å²) in [7, 11) is 0. The summed E-state index contributed by atoms with van der Waals surface area (Å²) in [6.07, 6.45) is 0.820. The second kappa shape index (κ2) is 6.68. The molecule has 1 aliphatic rings. The molecule has 1 aromatic carbocycles. The van der Waals surface area contributed by atoms with E-state index >= 15 is 0 Å². The number of benzene rings is 1. The molecule has 24 heavy (non-hydrogen) atoms. The summed E-state index contributed by atoms with van der Waals surface area (Å²) in [6, 6.07) is 6.06. The molecule has 6 nitrogen and oxygen atoms in total. The van der Waals surface area contributed by atoms with E-state index in [2.05, 4.69) is 22.4 Å². The summed E-state index contributed by atoms with van der Waals surface area (Å²) in [5, 5.41) is 12.2. The van der Waals surface area contributed by atoms with Gasteiger partial charge in [-0.2, -0.15) is 0 Å². The molecule has 0 bridgehead atoms. The van der Waals surface area contributed by atoms with Crippen molar-refractivity contribution in [1.82, 2.24) is 10.2 Å². The molecular formula is C17H20N4O2S. The average Bonchev–Trinajstić information content (AvgIpc) is 3.16. The highest BCUT2D eigenvalue weighted by Gasteiger charge is 2.34. The third-order valence-electron chi connectivity index (χ3n) is 4.28. The Morgan fingerprint density at radius 1 is 1.33 bits per heavy atom. The van der Waals surface area contributed by atoms with Crippen molar-refractivity contribution in [2.75, 3.05) is 16.8 Å². The van der Waals surface area contributed by atoms with E-state index in [1.54, 1.807) is 6.92 Å². The molecule has 0 radical (unpaired) electrons. The van der Waals surface area contributed by atoms with Gasteiger partial charge >= 0.3 is 0 Å². The largest absolute Gasteiger partial charge is 0.312 e. The molecule has 1 saturated heterocycles. The fourth-order valence-corrected chi connectivity index (χ4v) is 3.52. The Morgan fingerprint density at radius 2 is 2.12 bits per heavy atom. The first kappa shape index (κ1) is 16.6. The van der Waals surface area contributed by atoms with Crippen LogP contribution in [0.4, 0.5) is 10.8 Å². The van der Waals surface area contributed by atoms with E-state index < -0.39 is 0 Å². The fourth-order valence-electron chi connectivity index (χ4n) is 2.67. The maximum atomic E-state index is 12.4. The van der Waals surface area contributed by atoms with Gasteiger partial charge in [-0.3, -0.25) is 9.59 Å². The van der Waals surface area contributed by atoms with Gasteiger partial charge in [-0.15, -0.1) is 10.2 Å². The van der Waals surface area contributed by atoms with Crippen LogP contribution in [0.1, 0.15) is 41.8 Å². The lowest BCUT2D eigenvalue weighted by molar-refractivity contribution is -0.117. The minimum Gasteiger partial charge on any atom is -0.312 e. The zero-order valence-electron chi connectivity index (χ0n) is 14.0. The summed E-state index contributed by atoms with van der Waals surface area (Å²) in [6.45, 7) is 6.48. The van der Waals surface area contributed by atoms with Gasteiger partial charge in [-0.1, -0.05) is 24.3 Å². The lowest BCUT2D eigenvalue weighted by Crippen LogP contribution is -2.24. The molecule has 2 aromatic rings. The zero-order valence-corrected chi connectivity index (χ0v) is 14.8. The minimum absolute atomic E-state index is 0.0175. The Balaban J connectivity index is 1.74. The fraction of sp³-hybridized carbons (Fsp3) is 0.412. The molecule has 0 saturated carbocycles. The molecule has 1 aliphatic heterocycles. The number of hydrogen-bond donors (Lipinski definition) is 1. The number of rotatable bonds is 4. The summed E-state index contributed by atoms with van der Waals surface area (Å²) in [5.74, 6) is 0.0263. The van der Waals surface area contributed by atoms with Crippen LogP contribution in [0.5, 0.6) is 0 Å². The van der Waals surface area contributed by atoms with E-state index in [9.17, 15) is 9.59 Å². The van der Waals surface area contributed by atoms with E-state index in [0.717, 1.165) is 10.7 Å². The van der Waals surface area contributed by atoms with Crippen LogP contribution in [0.25, 0.3) is 0 Å². The normalized spacial score (nSPS) is 17.4. The topological polar surface area (TPSA) is 75.2 Å². The molecule has 3 rings (SSSR count). The molecular weight excluding hydrogens is 324 g/mol. The van der Waals surface area contributed by atoms with Gasteiger partial charge in [0.15, 0.2) is 0 Å². The highest BCUT2D eigenvalue weighted by atomic mass is 32.1. The van der Waals surface area contributed by atoms with Crippen molar-refractivity contribution in [2.45, 2.75) is 39.5 Å². The molecule has 1 fully saturated rings. The highest BCUT2D eigenvalue weighted by molar-refractivity contribution is 7.15. The van der Waals surface area contributed by atoms with E-state index in [-0.39, 0.29) is 17.7 Å². The number of hydrogen-bond acceptors (Lipinski definition) is 5. The molecule has 126 valence electrons. The average molecular weight is 344 g/mol. The first-order valence-electron chi connectivity index (χ1n) is 7.98. The highest BCUT2D eigenvalue weighted by Crippen LogP contribution is 2.34. The monoisotopic (exact) mass is 344 g/mol. The predicted octanol–water partition coefficient (Wildman–Crippen LogP) is 3.02. The second-order valence-corrected chi connectivity index (χ2v) is 7.03. The maximum Gasteiger partial charge on any atom is 0.227 e. The summed E-state index contributed by atoms with van der Waals surface area (Å²) < 4.78 is 0. The van der Waals surface area contributed by atoms with Gasteiger partial charge in [0, 0.05) is 31.0 Å². The van der Waals surface area contributed by atoms with Crippen molar-refractivity contribution in [3.8, 4) is 0 Å². The van der Waals surface area contributed by atoms with Crippen molar-refractivity contribution < 1.29 is 9.59 Å². The van der Waals surface area contributed by atoms with Crippen LogP contribution in [0.15, 0.2) is 18.2 Å². The Morgan fingerprint density at radius 3 is 2.83 bits per heavy atom. The Bertz CT molecular complexity index is 787. The number of carbonyl (C=O) groups is 2. The number of amides is 2. The van der Waals surface area contributed by atoms with Crippen LogP contribution < -0.4 is 10.2 Å². The van der Waals surface area contributed by atoms with Crippen LogP contribution >= 0.6 is 11.3 Å². The smallest absolute Gasteiger partial charge is 0.227 e. The summed E-state index contributed by atoms with van der Waals surface area (Å²) in [5.41, 5.74) is 3.31. The van der Waals surface area contributed by atoms with E-state index in [1.165, 1.54) is 22.5 Å². The van der Waals surface area contributed by atoms with Gasteiger partial charge < -0.3 is 10.2 Å². The summed E-state index contributed by atoms with van der Waals surface area (Å²) in [4.78, 5) is 25.6. The van der Waals surface area contributed by atoms with Gasteiger partial charge in [0.2, 0.25) is 16.9 Å². The Kier molecular flexibility index (Phi) is 4.62. The van der Waals surface area contributed by atoms with Crippen LogP contribution in [-0.2, 0) is 9.59 Å². The minimum atomic E-state index is -0.0862.